The highest BCUT2D eigenvalue weighted by molar-refractivity contribution is 8.03. The molecule has 22 heavy (non-hydrogen) atoms. The molecule has 1 N–H and O–H groups in total. The molecule has 1 heterocycles. The van der Waals surface area contributed by atoms with Gasteiger partial charge in [0.15, 0.2) is 0 Å². The lowest BCUT2D eigenvalue weighted by molar-refractivity contribution is 0.586. The Morgan fingerprint density at radius 1 is 1.27 bits per heavy atom. The van der Waals surface area contributed by atoms with Gasteiger partial charge in [-0.2, -0.15) is 0 Å². The second-order valence-corrected chi connectivity index (χ2v) is 8.23. The topological polar surface area (TPSA) is 18.5 Å². The number of para-hydroxylation sites is 1. The summed E-state index contributed by atoms with van der Waals surface area (Å²) in [6.45, 7) is 13.3. The average molecular weight is 317 g/mol. The molecule has 0 atom stereocenters. The Morgan fingerprint density at radius 3 is 2.59 bits per heavy atom. The lowest BCUT2D eigenvalue weighted by atomic mass is 9.62. The lowest BCUT2D eigenvalue weighted by Crippen LogP contribution is -2.58. The van der Waals surface area contributed by atoms with E-state index in [9.17, 15) is 0 Å². The third kappa shape index (κ3) is 3.49. The number of unbranched alkanes of at least 4 members (excludes halogenated alkanes) is 1. The zero-order valence-corrected chi connectivity index (χ0v) is 15.7. The highest BCUT2D eigenvalue weighted by atomic mass is 32.2. The van der Waals surface area contributed by atoms with Crippen LogP contribution in [0.1, 0.15) is 39.2 Å². The van der Waals surface area contributed by atoms with Crippen LogP contribution in [0.15, 0.2) is 24.3 Å². The Hall–Kier alpha value is -0.580. The Labute approximate surface area is 141 Å². The van der Waals surface area contributed by atoms with Crippen LogP contribution >= 0.6 is 11.9 Å². The zero-order chi connectivity index (χ0) is 16.3. The Morgan fingerprint density at radius 2 is 1.95 bits per heavy atom. The van der Waals surface area contributed by atoms with E-state index in [1.165, 1.54) is 24.1 Å². The van der Waals surface area contributed by atoms with E-state index in [0.717, 1.165) is 6.54 Å². The number of nitrogens with zero attached hydrogens (tertiary/aromatic N) is 2. The minimum atomic E-state index is 0.143. The van der Waals surface area contributed by atoms with E-state index >= 15 is 0 Å². The first-order valence-electron chi connectivity index (χ1n) is 8.43. The second kappa shape index (κ2) is 7.33. The number of fused-ring (bicyclic) bond motifs is 1. The van der Waals surface area contributed by atoms with Crippen LogP contribution in [0.25, 0.3) is 0 Å². The van der Waals surface area contributed by atoms with Gasteiger partial charge < -0.3 is 14.2 Å². The van der Waals surface area contributed by atoms with Crippen LogP contribution in [-0.4, -0.2) is 32.3 Å². The molecule has 2 rings (SSSR count). The standard InChI is InChI=1S/C16H29B2N3S/c1-7-8-13-20(17(4)19-6)18(5)21-15-12-10-9-11-14(15)16(2,3)22-21/h9-12,19H,7-8,13H2,1-6H3. The van der Waals surface area contributed by atoms with Gasteiger partial charge in [-0.15, -0.1) is 0 Å². The van der Waals surface area contributed by atoms with Crippen molar-refractivity contribution in [2.75, 3.05) is 17.8 Å². The van der Waals surface area contributed by atoms with Crippen LogP contribution in [0.4, 0.5) is 5.69 Å². The van der Waals surface area contributed by atoms with Gasteiger partial charge in [-0.3, -0.25) is 0 Å². The largest absolute Gasteiger partial charge is 0.350 e. The lowest BCUT2D eigenvalue weighted by Gasteiger charge is -2.36. The van der Waals surface area contributed by atoms with Crippen molar-refractivity contribution >= 4 is 31.6 Å². The second-order valence-electron chi connectivity index (χ2n) is 6.63. The molecule has 0 amide bonds. The third-order valence-electron chi connectivity index (χ3n) is 4.62. The van der Waals surface area contributed by atoms with Crippen LogP contribution in [0, 0.1) is 0 Å². The quantitative estimate of drug-likeness (QED) is 0.606. The third-order valence-corrected chi connectivity index (χ3v) is 6.00. The molecule has 1 aromatic rings. The van der Waals surface area contributed by atoms with Crippen molar-refractivity contribution in [3.8, 4) is 0 Å². The summed E-state index contributed by atoms with van der Waals surface area (Å²) in [5, 5.41) is 3.41. The first-order chi connectivity index (χ1) is 10.4. The molecule has 3 nitrogen and oxygen atoms in total. The van der Waals surface area contributed by atoms with Crippen LogP contribution < -0.4 is 9.44 Å². The predicted molar refractivity (Wildman–Crippen MR) is 103 cm³/mol. The molecule has 1 aliphatic heterocycles. The summed E-state index contributed by atoms with van der Waals surface area (Å²) >= 11 is 1.96. The smallest absolute Gasteiger partial charge is 0.340 e. The summed E-state index contributed by atoms with van der Waals surface area (Å²) in [6, 6.07) is 8.83. The molecule has 0 fully saturated rings. The van der Waals surface area contributed by atoms with Crippen LogP contribution in [-0.2, 0) is 4.75 Å². The summed E-state index contributed by atoms with van der Waals surface area (Å²) < 4.78 is 5.21. The van der Waals surface area contributed by atoms with Crippen molar-refractivity contribution in [3.63, 3.8) is 0 Å². The van der Waals surface area contributed by atoms with Gasteiger partial charge in [-0.05, 0) is 52.3 Å². The number of hydrogen-bond donors (Lipinski definition) is 1. The molecule has 0 bridgehead atoms. The zero-order valence-electron chi connectivity index (χ0n) is 14.9. The van der Waals surface area contributed by atoms with Gasteiger partial charge in [-0.25, -0.2) is 0 Å². The van der Waals surface area contributed by atoms with E-state index < -0.39 is 0 Å². The Balaban J connectivity index is 2.26. The van der Waals surface area contributed by atoms with E-state index in [1.807, 2.05) is 19.0 Å². The van der Waals surface area contributed by atoms with Crippen LogP contribution in [0.3, 0.4) is 0 Å². The number of hydrogen-bond acceptors (Lipinski definition) is 4. The molecule has 0 saturated heterocycles. The highest BCUT2D eigenvalue weighted by Gasteiger charge is 2.42. The van der Waals surface area contributed by atoms with Crippen molar-refractivity contribution in [1.29, 1.82) is 0 Å². The summed E-state index contributed by atoms with van der Waals surface area (Å²) in [5.74, 6) is 0. The first kappa shape index (κ1) is 17.8. The molecular weight excluding hydrogens is 288 g/mol. The number of benzene rings is 1. The van der Waals surface area contributed by atoms with Gasteiger partial charge in [0.2, 0.25) is 0 Å². The van der Waals surface area contributed by atoms with Gasteiger partial charge in [-0.1, -0.05) is 50.3 Å². The van der Waals surface area contributed by atoms with Gasteiger partial charge in [0.1, 0.15) is 0 Å². The van der Waals surface area contributed by atoms with Crippen molar-refractivity contribution in [1.82, 2.24) is 9.95 Å². The van der Waals surface area contributed by atoms with E-state index in [-0.39, 0.29) is 4.75 Å². The number of nitrogens with one attached hydrogen (secondary N) is 1. The fourth-order valence-electron chi connectivity index (χ4n) is 3.14. The van der Waals surface area contributed by atoms with Crippen molar-refractivity contribution < 1.29 is 0 Å². The molecule has 0 spiro atoms. The molecule has 0 aliphatic carbocycles. The average Bonchev–Trinajstić information content (AvgIpc) is 2.79. The summed E-state index contributed by atoms with van der Waals surface area (Å²) in [4.78, 5) is 0. The fraction of sp³-hybridized carbons (Fsp3) is 0.625. The van der Waals surface area contributed by atoms with Crippen LogP contribution in [0.2, 0.25) is 13.6 Å². The normalized spacial score (nSPS) is 16.0. The maximum atomic E-state index is 3.41. The number of anilines is 1. The Kier molecular flexibility index (Phi) is 5.92. The fourth-order valence-corrected chi connectivity index (χ4v) is 4.44. The maximum absolute atomic E-state index is 3.41. The van der Waals surface area contributed by atoms with Gasteiger partial charge in [0.05, 0.1) is 4.75 Å². The predicted octanol–water partition coefficient (Wildman–Crippen LogP) is 3.95. The molecule has 0 aromatic heterocycles. The molecule has 0 saturated carbocycles. The van der Waals surface area contributed by atoms with Crippen molar-refractivity contribution in [3.05, 3.63) is 29.8 Å². The minimum absolute atomic E-state index is 0.143. The SMILES string of the molecule is CCCCN(B(C)NC)B(C)N1SC(C)(C)c2ccccc21. The van der Waals surface area contributed by atoms with Gasteiger partial charge in [0.25, 0.3) is 6.98 Å². The maximum Gasteiger partial charge on any atom is 0.340 e. The summed E-state index contributed by atoms with van der Waals surface area (Å²) in [6.07, 6.45) is 2.47. The summed E-state index contributed by atoms with van der Waals surface area (Å²) in [7, 11) is 2.05. The number of rotatable bonds is 7. The minimum Gasteiger partial charge on any atom is -0.350 e. The molecule has 0 radical (unpaired) electrons. The monoisotopic (exact) mass is 317 g/mol. The van der Waals surface area contributed by atoms with Crippen molar-refractivity contribution in [2.45, 2.75) is 52.0 Å². The van der Waals surface area contributed by atoms with E-state index in [1.54, 1.807) is 0 Å². The van der Waals surface area contributed by atoms with Crippen molar-refractivity contribution in [2.24, 2.45) is 0 Å². The van der Waals surface area contributed by atoms with Gasteiger partial charge in [0, 0.05) is 5.69 Å². The van der Waals surface area contributed by atoms with E-state index in [0.29, 0.717) is 14.0 Å². The van der Waals surface area contributed by atoms with Crippen LogP contribution in [0.5, 0.6) is 0 Å². The Bertz CT molecular complexity index is 498. The first-order valence-corrected chi connectivity index (χ1v) is 9.20. The highest BCUT2D eigenvalue weighted by Crippen LogP contribution is 2.51. The molecule has 6 heteroatoms. The molecule has 1 aliphatic rings. The molecule has 1 aromatic carbocycles. The van der Waals surface area contributed by atoms with E-state index in [4.69, 9.17) is 0 Å². The van der Waals surface area contributed by atoms with E-state index in [2.05, 4.69) is 72.8 Å². The molecule has 120 valence electrons. The molecular formula is C16H29B2N3S. The summed E-state index contributed by atoms with van der Waals surface area (Å²) in [5.41, 5.74) is 2.81. The van der Waals surface area contributed by atoms with Gasteiger partial charge >= 0.3 is 6.98 Å². The molecule has 0 unspecified atom stereocenters.